The smallest absolute Gasteiger partial charge is 0.237 e. The van der Waals surface area contributed by atoms with Gasteiger partial charge in [-0.3, -0.25) is 14.3 Å². The van der Waals surface area contributed by atoms with Gasteiger partial charge in [-0.25, -0.2) is 0 Å². The summed E-state index contributed by atoms with van der Waals surface area (Å²) in [7, 11) is 0. The van der Waals surface area contributed by atoms with Gasteiger partial charge in [0.05, 0.1) is 5.25 Å². The first-order valence-electron chi connectivity index (χ1n) is 11.4. The van der Waals surface area contributed by atoms with Gasteiger partial charge < -0.3 is 10.2 Å². The van der Waals surface area contributed by atoms with Crippen molar-refractivity contribution in [3.05, 3.63) is 48.8 Å². The third-order valence-corrected chi connectivity index (χ3v) is 7.06. The van der Waals surface area contributed by atoms with Crippen LogP contribution in [0.15, 0.2) is 53.9 Å². The standard InChI is InChI=1S/C24H28N6OS/c1-17(23(31)26-19-7-9-20(10-8-19)29-14-3-2-4-15-29)32-24-28-27-22(30(24)21-11-12-21)18-6-5-13-25-16-18/h5-10,13,16-17,21H,2-4,11-12,14-15H2,1H3,(H,26,31). The Balaban J connectivity index is 1.25. The topological polar surface area (TPSA) is 75.9 Å². The summed E-state index contributed by atoms with van der Waals surface area (Å²) < 4.78 is 2.17. The third-order valence-electron chi connectivity index (χ3n) is 6.00. The molecule has 7 nitrogen and oxygen atoms in total. The van der Waals surface area contributed by atoms with Gasteiger partial charge in [0, 0.05) is 48.5 Å². The molecular weight excluding hydrogens is 420 g/mol. The van der Waals surface area contributed by atoms with Crippen LogP contribution in [0.25, 0.3) is 11.4 Å². The molecule has 0 spiro atoms. The van der Waals surface area contributed by atoms with E-state index in [-0.39, 0.29) is 11.2 Å². The highest BCUT2D eigenvalue weighted by atomic mass is 32.2. The predicted molar refractivity (Wildman–Crippen MR) is 128 cm³/mol. The van der Waals surface area contributed by atoms with Crippen LogP contribution in [0.3, 0.4) is 0 Å². The minimum atomic E-state index is -0.291. The molecule has 1 saturated carbocycles. The Morgan fingerprint density at radius 3 is 2.56 bits per heavy atom. The molecule has 8 heteroatoms. The van der Waals surface area contributed by atoms with Crippen molar-refractivity contribution >= 4 is 29.0 Å². The van der Waals surface area contributed by atoms with Gasteiger partial charge in [0.15, 0.2) is 11.0 Å². The zero-order valence-electron chi connectivity index (χ0n) is 18.3. The Labute approximate surface area is 192 Å². The summed E-state index contributed by atoms with van der Waals surface area (Å²) in [5.74, 6) is 0.790. The highest BCUT2D eigenvalue weighted by Gasteiger charge is 2.31. The zero-order chi connectivity index (χ0) is 21.9. The number of hydrogen-bond donors (Lipinski definition) is 1. The van der Waals surface area contributed by atoms with Gasteiger partial charge in [0.2, 0.25) is 5.91 Å². The highest BCUT2D eigenvalue weighted by molar-refractivity contribution is 8.00. The molecule has 1 aliphatic carbocycles. The van der Waals surface area contributed by atoms with Crippen molar-refractivity contribution in [3.63, 3.8) is 0 Å². The molecule has 32 heavy (non-hydrogen) atoms. The number of amides is 1. The zero-order valence-corrected chi connectivity index (χ0v) is 19.1. The fraction of sp³-hybridized carbons (Fsp3) is 0.417. The Hall–Kier alpha value is -2.87. The van der Waals surface area contributed by atoms with E-state index in [1.807, 2.05) is 31.2 Å². The normalized spacial score (nSPS) is 17.2. The minimum absolute atomic E-state index is 0.0333. The number of rotatable bonds is 7. The van der Waals surface area contributed by atoms with Gasteiger partial charge in [-0.1, -0.05) is 11.8 Å². The molecule has 2 aromatic heterocycles. The maximum Gasteiger partial charge on any atom is 0.237 e. The number of piperidine rings is 1. The lowest BCUT2D eigenvalue weighted by atomic mass is 10.1. The van der Waals surface area contributed by atoms with Crippen molar-refractivity contribution < 1.29 is 4.79 Å². The van der Waals surface area contributed by atoms with E-state index in [0.717, 1.165) is 48.2 Å². The molecule has 1 aromatic carbocycles. The second kappa shape index (κ2) is 9.32. The molecule has 1 aliphatic heterocycles. The number of carbonyl (C=O) groups is 1. The summed E-state index contributed by atoms with van der Waals surface area (Å²) in [4.78, 5) is 19.5. The van der Waals surface area contributed by atoms with Crippen LogP contribution in [-0.2, 0) is 4.79 Å². The number of nitrogens with zero attached hydrogens (tertiary/aromatic N) is 5. The van der Waals surface area contributed by atoms with E-state index >= 15 is 0 Å². The van der Waals surface area contributed by atoms with Gasteiger partial charge in [-0.15, -0.1) is 10.2 Å². The van der Waals surface area contributed by atoms with E-state index in [4.69, 9.17) is 0 Å². The summed E-state index contributed by atoms with van der Waals surface area (Å²) in [6.07, 6.45) is 9.61. The number of carbonyl (C=O) groups excluding carboxylic acids is 1. The summed E-state index contributed by atoms with van der Waals surface area (Å²) in [5, 5.41) is 12.4. The number of aromatic nitrogens is 4. The van der Waals surface area contributed by atoms with Crippen LogP contribution in [-0.4, -0.2) is 44.0 Å². The predicted octanol–water partition coefficient (Wildman–Crippen LogP) is 4.78. The van der Waals surface area contributed by atoms with E-state index in [1.54, 1.807) is 12.4 Å². The Morgan fingerprint density at radius 2 is 1.88 bits per heavy atom. The first-order valence-corrected chi connectivity index (χ1v) is 12.2. The van der Waals surface area contributed by atoms with Crippen LogP contribution in [0.4, 0.5) is 11.4 Å². The van der Waals surface area contributed by atoms with E-state index in [2.05, 4.69) is 42.1 Å². The van der Waals surface area contributed by atoms with Crippen molar-refractivity contribution in [3.8, 4) is 11.4 Å². The van der Waals surface area contributed by atoms with Crippen molar-refractivity contribution in [2.75, 3.05) is 23.3 Å². The first kappa shape index (κ1) is 21.0. The van der Waals surface area contributed by atoms with Crippen LogP contribution in [0.2, 0.25) is 0 Å². The van der Waals surface area contributed by atoms with Crippen LogP contribution in [0.1, 0.15) is 45.1 Å². The Morgan fingerprint density at radius 1 is 1.09 bits per heavy atom. The molecule has 0 radical (unpaired) electrons. The van der Waals surface area contributed by atoms with Gasteiger partial charge in [0.25, 0.3) is 0 Å². The first-order chi connectivity index (χ1) is 15.7. The lowest BCUT2D eigenvalue weighted by molar-refractivity contribution is -0.115. The molecule has 3 aromatic rings. The SMILES string of the molecule is CC(Sc1nnc(-c2cccnc2)n1C1CC1)C(=O)Nc1ccc(N2CCCCC2)cc1. The van der Waals surface area contributed by atoms with Crippen LogP contribution < -0.4 is 10.2 Å². The van der Waals surface area contributed by atoms with Gasteiger partial charge >= 0.3 is 0 Å². The summed E-state index contributed by atoms with van der Waals surface area (Å²) in [6.45, 7) is 4.14. The molecule has 2 fully saturated rings. The molecule has 3 heterocycles. The molecule has 1 amide bonds. The average molecular weight is 449 g/mol. The number of anilines is 2. The summed E-state index contributed by atoms with van der Waals surface area (Å²) in [6, 6.07) is 12.5. The fourth-order valence-corrected chi connectivity index (χ4v) is 4.99. The van der Waals surface area contributed by atoms with Crippen LogP contribution in [0, 0.1) is 0 Å². The average Bonchev–Trinajstić information content (AvgIpc) is 3.60. The monoisotopic (exact) mass is 448 g/mol. The van der Waals surface area contributed by atoms with Gasteiger partial charge in [0.1, 0.15) is 0 Å². The van der Waals surface area contributed by atoms with Crippen molar-refractivity contribution in [1.29, 1.82) is 0 Å². The summed E-state index contributed by atoms with van der Waals surface area (Å²) in [5.41, 5.74) is 3.00. The van der Waals surface area contributed by atoms with E-state index < -0.39 is 0 Å². The quantitative estimate of drug-likeness (QED) is 0.524. The fourth-order valence-electron chi connectivity index (χ4n) is 4.07. The second-order valence-corrected chi connectivity index (χ2v) is 9.80. The maximum atomic E-state index is 12.9. The molecule has 2 aliphatic rings. The van der Waals surface area contributed by atoms with E-state index in [9.17, 15) is 4.79 Å². The van der Waals surface area contributed by atoms with Crippen molar-refractivity contribution in [1.82, 2.24) is 19.7 Å². The lowest BCUT2D eigenvalue weighted by Gasteiger charge is -2.28. The van der Waals surface area contributed by atoms with Crippen LogP contribution >= 0.6 is 11.8 Å². The molecule has 0 bridgehead atoms. The summed E-state index contributed by atoms with van der Waals surface area (Å²) >= 11 is 1.46. The van der Waals surface area contributed by atoms with Gasteiger partial charge in [-0.05, 0) is 75.4 Å². The highest BCUT2D eigenvalue weighted by Crippen LogP contribution is 2.41. The molecule has 1 atom stereocenters. The third kappa shape index (κ3) is 4.65. The maximum absolute atomic E-state index is 12.9. The molecule has 1 unspecified atom stereocenters. The number of pyridine rings is 1. The van der Waals surface area contributed by atoms with Gasteiger partial charge in [-0.2, -0.15) is 0 Å². The number of nitrogens with one attached hydrogen (secondary N) is 1. The van der Waals surface area contributed by atoms with Crippen LogP contribution in [0.5, 0.6) is 0 Å². The van der Waals surface area contributed by atoms with Crippen molar-refractivity contribution in [2.45, 2.75) is 55.5 Å². The number of hydrogen-bond acceptors (Lipinski definition) is 6. The molecule has 1 saturated heterocycles. The number of benzene rings is 1. The second-order valence-electron chi connectivity index (χ2n) is 8.49. The number of thioether (sulfide) groups is 1. The molecule has 166 valence electrons. The van der Waals surface area contributed by atoms with E-state index in [1.165, 1.54) is 36.7 Å². The Bertz CT molecular complexity index is 1060. The van der Waals surface area contributed by atoms with Crippen molar-refractivity contribution in [2.24, 2.45) is 0 Å². The minimum Gasteiger partial charge on any atom is -0.372 e. The Kier molecular flexibility index (Phi) is 6.12. The lowest BCUT2D eigenvalue weighted by Crippen LogP contribution is -2.29. The molecule has 1 N–H and O–H groups in total. The molecular formula is C24H28N6OS. The van der Waals surface area contributed by atoms with E-state index in [0.29, 0.717) is 6.04 Å². The largest absolute Gasteiger partial charge is 0.372 e. The molecule has 5 rings (SSSR count).